The molecule has 0 amide bonds. The van der Waals surface area contributed by atoms with Crippen LogP contribution in [0, 0.1) is 5.92 Å². The van der Waals surface area contributed by atoms with Gasteiger partial charge in [-0.1, -0.05) is 0 Å². The second-order valence-electron chi connectivity index (χ2n) is 4.44. The fourth-order valence-corrected chi connectivity index (χ4v) is 4.64. The summed E-state index contributed by atoms with van der Waals surface area (Å²) in [5.74, 6) is 1.22. The van der Waals surface area contributed by atoms with E-state index in [1.54, 1.807) is 21.3 Å². The van der Waals surface area contributed by atoms with Gasteiger partial charge in [-0.05, 0) is 42.2 Å². The smallest absolute Gasteiger partial charge is 0.377 e. The van der Waals surface area contributed by atoms with Crippen LogP contribution in [0.5, 0.6) is 0 Å². The summed E-state index contributed by atoms with van der Waals surface area (Å²) in [6.07, 6.45) is 5.70. The van der Waals surface area contributed by atoms with Crippen LogP contribution in [0.1, 0.15) is 12.0 Å². The molecule has 0 aliphatic carbocycles. The van der Waals surface area contributed by atoms with E-state index in [0.29, 0.717) is 5.92 Å². The van der Waals surface area contributed by atoms with Crippen LogP contribution in [-0.4, -0.2) is 40.9 Å². The van der Waals surface area contributed by atoms with E-state index in [-0.39, 0.29) is 0 Å². The van der Waals surface area contributed by atoms with Crippen LogP contribution in [0.25, 0.3) is 0 Å². The van der Waals surface area contributed by atoms with E-state index in [0.717, 1.165) is 24.6 Å². The van der Waals surface area contributed by atoms with Crippen molar-refractivity contribution in [1.82, 2.24) is 4.98 Å². The van der Waals surface area contributed by atoms with Gasteiger partial charge in [-0.2, -0.15) is 12.6 Å². The quantitative estimate of drug-likeness (QED) is 0.562. The molecule has 0 saturated carbocycles. The summed E-state index contributed by atoms with van der Waals surface area (Å²) in [5.41, 5.74) is 1.29. The monoisotopic (exact) mass is 301 g/mol. The third kappa shape index (κ3) is 5.23. The zero-order chi connectivity index (χ0) is 14.1. The SMILES string of the molecule is CO[Si](CC(CS)CCc1ccncc1)(OC)OC. The predicted molar refractivity (Wildman–Crippen MR) is 81.5 cm³/mol. The van der Waals surface area contributed by atoms with Gasteiger partial charge in [-0.25, -0.2) is 0 Å². The van der Waals surface area contributed by atoms with Crippen LogP contribution in [0.4, 0.5) is 0 Å². The molecule has 19 heavy (non-hydrogen) atoms. The molecule has 1 heterocycles. The lowest BCUT2D eigenvalue weighted by Gasteiger charge is -2.28. The van der Waals surface area contributed by atoms with Crippen molar-refractivity contribution in [3.63, 3.8) is 0 Å². The first-order valence-corrected chi connectivity index (χ1v) is 8.91. The van der Waals surface area contributed by atoms with E-state index in [4.69, 9.17) is 13.3 Å². The van der Waals surface area contributed by atoms with E-state index in [9.17, 15) is 0 Å². The molecule has 0 radical (unpaired) electrons. The highest BCUT2D eigenvalue weighted by atomic mass is 32.1. The zero-order valence-electron chi connectivity index (χ0n) is 11.8. The number of hydrogen-bond acceptors (Lipinski definition) is 5. The summed E-state index contributed by atoms with van der Waals surface area (Å²) < 4.78 is 16.4. The lowest BCUT2D eigenvalue weighted by molar-refractivity contribution is 0.118. The number of thiol groups is 1. The molecule has 0 aliphatic rings. The van der Waals surface area contributed by atoms with Crippen LogP contribution in [0.2, 0.25) is 6.04 Å². The average Bonchev–Trinajstić information content (AvgIpc) is 2.49. The van der Waals surface area contributed by atoms with Gasteiger partial charge < -0.3 is 13.3 Å². The molecule has 0 bridgehead atoms. The minimum absolute atomic E-state index is 0.419. The van der Waals surface area contributed by atoms with Crippen molar-refractivity contribution >= 4 is 21.4 Å². The lowest BCUT2D eigenvalue weighted by Crippen LogP contribution is -2.44. The third-order valence-corrected chi connectivity index (χ3v) is 6.78. The molecule has 0 aliphatic heterocycles. The Morgan fingerprint density at radius 1 is 1.16 bits per heavy atom. The maximum Gasteiger partial charge on any atom is 0.500 e. The van der Waals surface area contributed by atoms with Crippen molar-refractivity contribution in [3.8, 4) is 0 Å². The summed E-state index contributed by atoms with van der Waals surface area (Å²) in [5, 5.41) is 0. The van der Waals surface area contributed by atoms with Crippen molar-refractivity contribution in [3.05, 3.63) is 30.1 Å². The van der Waals surface area contributed by atoms with Gasteiger partial charge in [0.05, 0.1) is 0 Å². The molecule has 1 aromatic heterocycles. The maximum absolute atomic E-state index is 5.47. The molecule has 4 nitrogen and oxygen atoms in total. The van der Waals surface area contributed by atoms with Gasteiger partial charge in [-0.3, -0.25) is 4.98 Å². The summed E-state index contributed by atoms with van der Waals surface area (Å²) in [7, 11) is 2.45. The molecule has 6 heteroatoms. The van der Waals surface area contributed by atoms with Crippen molar-refractivity contribution in [2.45, 2.75) is 18.9 Å². The van der Waals surface area contributed by atoms with Gasteiger partial charge >= 0.3 is 8.80 Å². The summed E-state index contributed by atoms with van der Waals surface area (Å²) in [4.78, 5) is 4.02. The zero-order valence-corrected chi connectivity index (χ0v) is 13.7. The molecule has 0 N–H and O–H groups in total. The van der Waals surface area contributed by atoms with Crippen LogP contribution < -0.4 is 0 Å². The Bertz CT molecular complexity index is 341. The van der Waals surface area contributed by atoms with Crippen LogP contribution in [0.3, 0.4) is 0 Å². The van der Waals surface area contributed by atoms with Gasteiger partial charge in [0.2, 0.25) is 0 Å². The Balaban J connectivity index is 2.54. The van der Waals surface area contributed by atoms with Gasteiger partial charge in [0.15, 0.2) is 0 Å². The number of aryl methyl sites for hydroxylation is 1. The molecule has 1 unspecified atom stereocenters. The minimum atomic E-state index is -2.50. The van der Waals surface area contributed by atoms with E-state index in [1.807, 2.05) is 24.5 Å². The largest absolute Gasteiger partial charge is 0.500 e. The first-order chi connectivity index (χ1) is 9.19. The number of rotatable bonds is 9. The second kappa shape index (κ2) is 8.71. The highest BCUT2D eigenvalue weighted by Crippen LogP contribution is 2.24. The van der Waals surface area contributed by atoms with E-state index < -0.39 is 8.80 Å². The molecular weight excluding hydrogens is 278 g/mol. The summed E-state index contributed by atoms with van der Waals surface area (Å²) in [6, 6.07) is 4.89. The van der Waals surface area contributed by atoms with Gasteiger partial charge in [0, 0.05) is 39.8 Å². The molecule has 1 aromatic rings. The van der Waals surface area contributed by atoms with Crippen molar-refractivity contribution in [2.24, 2.45) is 5.92 Å². The van der Waals surface area contributed by atoms with E-state index in [2.05, 4.69) is 17.6 Å². The Kier molecular flexibility index (Phi) is 7.63. The Hall–Kier alpha value is -0.403. The summed E-state index contributed by atoms with van der Waals surface area (Å²) in [6.45, 7) is 0. The van der Waals surface area contributed by atoms with E-state index in [1.165, 1.54) is 5.56 Å². The predicted octanol–water partition coefficient (Wildman–Crippen LogP) is 2.44. The topological polar surface area (TPSA) is 40.6 Å². The molecule has 108 valence electrons. The lowest BCUT2D eigenvalue weighted by atomic mass is 10.0. The highest BCUT2D eigenvalue weighted by Gasteiger charge is 2.39. The fourth-order valence-electron chi connectivity index (χ4n) is 2.03. The minimum Gasteiger partial charge on any atom is -0.377 e. The Morgan fingerprint density at radius 2 is 1.74 bits per heavy atom. The highest BCUT2D eigenvalue weighted by molar-refractivity contribution is 7.80. The van der Waals surface area contributed by atoms with Crippen LogP contribution in [-0.2, 0) is 19.7 Å². The molecule has 1 rings (SSSR count). The molecule has 1 atom stereocenters. The number of pyridine rings is 1. The Morgan fingerprint density at radius 3 is 2.21 bits per heavy atom. The first-order valence-electron chi connectivity index (χ1n) is 6.35. The van der Waals surface area contributed by atoms with Crippen LogP contribution in [0.15, 0.2) is 24.5 Å². The maximum atomic E-state index is 5.47. The Labute approximate surface area is 122 Å². The normalized spacial score (nSPS) is 13.5. The fraction of sp³-hybridized carbons (Fsp3) is 0.615. The van der Waals surface area contributed by atoms with Crippen LogP contribution >= 0.6 is 12.6 Å². The van der Waals surface area contributed by atoms with Crippen molar-refractivity contribution < 1.29 is 13.3 Å². The van der Waals surface area contributed by atoms with Crippen molar-refractivity contribution in [2.75, 3.05) is 27.1 Å². The second-order valence-corrected chi connectivity index (χ2v) is 7.81. The number of nitrogens with zero attached hydrogens (tertiary/aromatic N) is 1. The standard InChI is InChI=1S/C13H23NO3SSi/c1-15-19(16-2,17-3)11-13(10-18)5-4-12-6-8-14-9-7-12/h6-9,13,18H,4-5,10-11H2,1-3H3. The van der Waals surface area contributed by atoms with Gasteiger partial charge in [-0.15, -0.1) is 0 Å². The molecular formula is C13H23NO3SSi. The summed E-state index contributed by atoms with van der Waals surface area (Å²) >= 11 is 4.43. The average molecular weight is 301 g/mol. The molecule has 0 saturated heterocycles. The third-order valence-electron chi connectivity index (χ3n) is 3.32. The van der Waals surface area contributed by atoms with Crippen molar-refractivity contribution in [1.29, 1.82) is 0 Å². The van der Waals surface area contributed by atoms with E-state index >= 15 is 0 Å². The van der Waals surface area contributed by atoms with Gasteiger partial charge in [0.25, 0.3) is 0 Å². The number of hydrogen-bond donors (Lipinski definition) is 1. The molecule has 0 aromatic carbocycles. The first kappa shape index (κ1) is 16.7. The molecule has 0 spiro atoms. The van der Waals surface area contributed by atoms with Gasteiger partial charge in [0.1, 0.15) is 0 Å². The molecule has 0 fully saturated rings. The number of aromatic nitrogens is 1.